The maximum absolute atomic E-state index is 14.8. The van der Waals surface area contributed by atoms with Crippen molar-refractivity contribution in [3.63, 3.8) is 0 Å². The molecule has 1 aliphatic heterocycles. The van der Waals surface area contributed by atoms with E-state index in [0.29, 0.717) is 42.6 Å². The summed E-state index contributed by atoms with van der Waals surface area (Å²) in [5.41, 5.74) is 0.622. The summed E-state index contributed by atoms with van der Waals surface area (Å²) >= 11 is 0. The van der Waals surface area contributed by atoms with Crippen molar-refractivity contribution >= 4 is 27.0 Å². The van der Waals surface area contributed by atoms with E-state index in [4.69, 9.17) is 13.9 Å². The largest absolute Gasteiger partial charge is 0.487 e. The number of sulfone groups is 1. The number of hydrogen-bond donors (Lipinski definition) is 0. The zero-order valence-corrected chi connectivity index (χ0v) is 20.3. The molecule has 8 nitrogen and oxygen atoms in total. The van der Waals surface area contributed by atoms with E-state index in [0.717, 1.165) is 6.26 Å². The molecule has 0 saturated carbocycles. The summed E-state index contributed by atoms with van der Waals surface area (Å²) in [5.74, 6) is -0.280. The van der Waals surface area contributed by atoms with Crippen LogP contribution in [-0.4, -0.2) is 55.4 Å². The summed E-state index contributed by atoms with van der Waals surface area (Å²) < 4.78 is 55.2. The van der Waals surface area contributed by atoms with E-state index in [1.807, 2.05) is 20.8 Å². The average molecular weight is 491 g/mol. The van der Waals surface area contributed by atoms with Crippen molar-refractivity contribution < 1.29 is 31.5 Å². The second-order valence-electron chi connectivity index (χ2n) is 9.35. The Kier molecular flexibility index (Phi) is 6.28. The number of aromatic nitrogens is 1. The lowest BCUT2D eigenvalue weighted by atomic mass is 10.1. The number of hydrogen-bond acceptors (Lipinski definition) is 7. The Bertz CT molecular complexity index is 1320. The van der Waals surface area contributed by atoms with Crippen molar-refractivity contribution in [3.8, 4) is 17.2 Å². The van der Waals surface area contributed by atoms with Crippen molar-refractivity contribution in [3.05, 3.63) is 42.2 Å². The van der Waals surface area contributed by atoms with Crippen molar-refractivity contribution in [2.75, 3.05) is 19.3 Å². The molecule has 0 aliphatic carbocycles. The highest BCUT2D eigenvalue weighted by Gasteiger charge is 2.28. The monoisotopic (exact) mass is 490 g/mol. The third kappa shape index (κ3) is 5.49. The lowest BCUT2D eigenvalue weighted by molar-refractivity contribution is 0.0123. The van der Waals surface area contributed by atoms with Gasteiger partial charge in [-0.05, 0) is 57.2 Å². The van der Waals surface area contributed by atoms with E-state index < -0.39 is 21.3 Å². The molecule has 0 unspecified atom stereocenters. The van der Waals surface area contributed by atoms with Crippen molar-refractivity contribution in [1.29, 1.82) is 0 Å². The molecule has 4 rings (SSSR count). The van der Waals surface area contributed by atoms with E-state index >= 15 is 0 Å². The summed E-state index contributed by atoms with van der Waals surface area (Å²) in [5, 5.41) is 0. The number of carbonyl (C=O) groups is 1. The van der Waals surface area contributed by atoms with E-state index in [1.54, 1.807) is 11.0 Å². The molecule has 3 aromatic rings. The number of benzene rings is 2. The first-order chi connectivity index (χ1) is 15.9. The fraction of sp³-hybridized carbons (Fsp3) is 0.417. The van der Waals surface area contributed by atoms with E-state index in [-0.39, 0.29) is 28.7 Å². The van der Waals surface area contributed by atoms with Crippen LogP contribution in [0, 0.1) is 5.82 Å². The van der Waals surface area contributed by atoms with E-state index in [2.05, 4.69) is 4.98 Å². The van der Waals surface area contributed by atoms with Crippen molar-refractivity contribution in [2.45, 2.75) is 50.2 Å². The van der Waals surface area contributed by atoms with Gasteiger partial charge in [0, 0.05) is 37.8 Å². The Morgan fingerprint density at radius 3 is 2.47 bits per heavy atom. The zero-order valence-electron chi connectivity index (χ0n) is 19.5. The first-order valence-electron chi connectivity index (χ1n) is 10.9. The molecule has 2 aromatic carbocycles. The number of likely N-dealkylation sites (tertiary alicyclic amines) is 1. The molecule has 1 aliphatic rings. The lowest BCUT2D eigenvalue weighted by Crippen LogP contribution is -2.44. The Balaban J connectivity index is 1.43. The van der Waals surface area contributed by atoms with Gasteiger partial charge in [-0.25, -0.2) is 22.6 Å². The number of fused-ring (bicyclic) bond motifs is 1. The quantitative estimate of drug-likeness (QED) is 0.517. The Hall–Kier alpha value is -3.14. The lowest BCUT2D eigenvalue weighted by Gasteiger charge is -2.33. The van der Waals surface area contributed by atoms with Gasteiger partial charge in [-0.1, -0.05) is 0 Å². The van der Waals surface area contributed by atoms with Gasteiger partial charge in [-0.15, -0.1) is 0 Å². The number of carbonyl (C=O) groups excluding carboxylic acids is 1. The molecular formula is C24H27FN2O6S. The summed E-state index contributed by atoms with van der Waals surface area (Å²) in [6.45, 7) is 6.40. The van der Waals surface area contributed by atoms with Crippen LogP contribution in [0.5, 0.6) is 5.75 Å². The third-order valence-electron chi connectivity index (χ3n) is 5.35. The molecule has 1 aromatic heterocycles. The molecular weight excluding hydrogens is 463 g/mol. The second kappa shape index (κ2) is 8.90. The van der Waals surface area contributed by atoms with Crippen molar-refractivity contribution in [2.24, 2.45) is 0 Å². The van der Waals surface area contributed by atoms with Gasteiger partial charge in [0.2, 0.25) is 5.89 Å². The van der Waals surface area contributed by atoms with Crippen LogP contribution in [0.1, 0.15) is 33.6 Å². The van der Waals surface area contributed by atoms with E-state index in [9.17, 15) is 17.6 Å². The Morgan fingerprint density at radius 1 is 1.15 bits per heavy atom. The standard InChI is InChI=1S/C24H27FN2O6S/c1-24(2,3)33-23(28)27-11-9-16(10-12-27)31-20-7-5-15(13-18(20)25)22-26-19-14-17(34(4,29)30)6-8-21(19)32-22/h5-8,13-14,16H,9-12H2,1-4H3. The SMILES string of the molecule is CC(C)(C)OC(=O)N1CCC(Oc2ccc(-c3nc4cc(S(C)(=O)=O)ccc4o3)cc2F)CC1. The molecule has 1 fully saturated rings. The van der Waals surface area contributed by atoms with Crippen molar-refractivity contribution in [1.82, 2.24) is 9.88 Å². The molecule has 182 valence electrons. The Labute approximate surface area is 197 Å². The molecule has 0 atom stereocenters. The number of amides is 1. The minimum absolute atomic E-state index is 0.106. The zero-order chi connectivity index (χ0) is 24.7. The fourth-order valence-corrected chi connectivity index (χ4v) is 4.29. The first-order valence-corrected chi connectivity index (χ1v) is 12.8. The van der Waals surface area contributed by atoms with Crippen LogP contribution < -0.4 is 4.74 Å². The van der Waals surface area contributed by atoms with Gasteiger partial charge in [0.15, 0.2) is 27.0 Å². The number of oxazole rings is 1. The summed E-state index contributed by atoms with van der Waals surface area (Å²) in [4.78, 5) is 18.3. The van der Waals surface area contributed by atoms with Crippen LogP contribution in [0.25, 0.3) is 22.6 Å². The van der Waals surface area contributed by atoms with Crippen LogP contribution in [-0.2, 0) is 14.6 Å². The van der Waals surface area contributed by atoms with Crippen LogP contribution in [0.15, 0.2) is 45.7 Å². The molecule has 1 amide bonds. The number of ether oxygens (including phenoxy) is 2. The van der Waals surface area contributed by atoms with Gasteiger partial charge < -0.3 is 18.8 Å². The molecule has 1 saturated heterocycles. The summed E-state index contributed by atoms with van der Waals surface area (Å²) in [7, 11) is -3.38. The fourth-order valence-electron chi connectivity index (χ4n) is 3.65. The van der Waals surface area contributed by atoms with Crippen LogP contribution in [0.2, 0.25) is 0 Å². The third-order valence-corrected chi connectivity index (χ3v) is 6.46. The van der Waals surface area contributed by atoms with Crippen LogP contribution in [0.3, 0.4) is 0 Å². The minimum Gasteiger partial charge on any atom is -0.487 e. The summed E-state index contributed by atoms with van der Waals surface area (Å²) in [6.07, 6.45) is 1.66. The maximum atomic E-state index is 14.8. The average Bonchev–Trinajstić information content (AvgIpc) is 3.17. The topological polar surface area (TPSA) is 98.9 Å². The van der Waals surface area contributed by atoms with Gasteiger partial charge in [0.25, 0.3) is 0 Å². The number of nitrogens with zero attached hydrogens (tertiary/aromatic N) is 2. The van der Waals surface area contributed by atoms with Crippen LogP contribution >= 0.6 is 0 Å². The number of rotatable bonds is 4. The molecule has 0 radical (unpaired) electrons. The van der Waals surface area contributed by atoms with E-state index in [1.165, 1.54) is 30.3 Å². The molecule has 10 heteroatoms. The van der Waals surface area contributed by atoms with Gasteiger partial charge >= 0.3 is 6.09 Å². The Morgan fingerprint density at radius 2 is 1.85 bits per heavy atom. The second-order valence-corrected chi connectivity index (χ2v) is 11.4. The molecule has 34 heavy (non-hydrogen) atoms. The highest BCUT2D eigenvalue weighted by atomic mass is 32.2. The summed E-state index contributed by atoms with van der Waals surface area (Å²) in [6, 6.07) is 8.82. The van der Waals surface area contributed by atoms with Gasteiger partial charge in [0.05, 0.1) is 4.90 Å². The normalized spacial score (nSPS) is 15.5. The maximum Gasteiger partial charge on any atom is 0.410 e. The first kappa shape index (κ1) is 24.0. The smallest absolute Gasteiger partial charge is 0.410 e. The number of halogens is 1. The predicted molar refractivity (Wildman–Crippen MR) is 124 cm³/mol. The minimum atomic E-state index is -3.38. The molecule has 0 spiro atoms. The number of piperidine rings is 1. The molecule has 2 heterocycles. The highest BCUT2D eigenvalue weighted by Crippen LogP contribution is 2.30. The predicted octanol–water partition coefficient (Wildman–Crippen LogP) is 4.82. The van der Waals surface area contributed by atoms with Gasteiger partial charge in [0.1, 0.15) is 17.2 Å². The van der Waals surface area contributed by atoms with Crippen LogP contribution in [0.4, 0.5) is 9.18 Å². The van der Waals surface area contributed by atoms with Gasteiger partial charge in [-0.2, -0.15) is 0 Å². The highest BCUT2D eigenvalue weighted by molar-refractivity contribution is 7.90. The molecule has 0 bridgehead atoms. The molecule has 0 N–H and O–H groups in total. The van der Waals surface area contributed by atoms with Gasteiger partial charge in [-0.3, -0.25) is 0 Å².